The lowest BCUT2D eigenvalue weighted by Gasteiger charge is -2.29. The van der Waals surface area contributed by atoms with E-state index in [1.54, 1.807) is 7.11 Å². The largest absolute Gasteiger partial charge is 0.378 e. The highest BCUT2D eigenvalue weighted by molar-refractivity contribution is 5.86. The summed E-state index contributed by atoms with van der Waals surface area (Å²) >= 11 is 0. The Kier molecular flexibility index (Phi) is 3.70. The number of carbonyl (C=O) groups excluding carboxylic acids is 1. The third-order valence-corrected chi connectivity index (χ3v) is 3.94. The van der Waals surface area contributed by atoms with Crippen molar-refractivity contribution in [2.45, 2.75) is 37.3 Å². The van der Waals surface area contributed by atoms with Gasteiger partial charge in [-0.3, -0.25) is 4.79 Å². The second kappa shape index (κ2) is 4.92. The van der Waals surface area contributed by atoms with E-state index in [4.69, 9.17) is 9.47 Å². The van der Waals surface area contributed by atoms with Gasteiger partial charge in [-0.15, -0.1) is 0 Å². The van der Waals surface area contributed by atoms with Crippen molar-refractivity contribution in [3.05, 3.63) is 0 Å². The van der Waals surface area contributed by atoms with Gasteiger partial charge < -0.3 is 20.1 Å². The first kappa shape index (κ1) is 12.8. The first-order valence-electron chi connectivity index (χ1n) is 6.27. The van der Waals surface area contributed by atoms with Gasteiger partial charge in [-0.1, -0.05) is 0 Å². The Labute approximate surface area is 102 Å². The highest BCUT2D eigenvalue weighted by atomic mass is 16.5. The first-order valence-corrected chi connectivity index (χ1v) is 6.27. The maximum atomic E-state index is 12.1. The zero-order valence-electron chi connectivity index (χ0n) is 10.7. The van der Waals surface area contributed by atoms with Crippen LogP contribution in [0, 0.1) is 0 Å². The molecule has 0 aliphatic carbocycles. The molecule has 0 spiro atoms. The predicted octanol–water partition coefficient (Wildman–Crippen LogP) is 0.0502. The van der Waals surface area contributed by atoms with E-state index >= 15 is 0 Å². The molecule has 0 aromatic carbocycles. The van der Waals surface area contributed by atoms with Crippen molar-refractivity contribution in [3.8, 4) is 0 Å². The number of nitrogens with one attached hydrogen (secondary N) is 2. The van der Waals surface area contributed by atoms with Gasteiger partial charge in [0.25, 0.3) is 0 Å². The van der Waals surface area contributed by atoms with Crippen LogP contribution < -0.4 is 10.6 Å². The summed E-state index contributed by atoms with van der Waals surface area (Å²) in [6, 6.07) is 0. The zero-order chi connectivity index (χ0) is 12.4. The molecule has 2 rings (SSSR count). The van der Waals surface area contributed by atoms with Gasteiger partial charge in [0.1, 0.15) is 5.60 Å². The summed E-state index contributed by atoms with van der Waals surface area (Å²) in [4.78, 5) is 12.1. The number of amides is 1. The van der Waals surface area contributed by atoms with Crippen LogP contribution in [-0.4, -0.2) is 50.5 Å². The summed E-state index contributed by atoms with van der Waals surface area (Å²) in [5.41, 5.74) is -0.737. The van der Waals surface area contributed by atoms with E-state index in [0.717, 1.165) is 25.8 Å². The number of carbonyl (C=O) groups is 1. The van der Waals surface area contributed by atoms with E-state index in [1.165, 1.54) is 0 Å². The summed E-state index contributed by atoms with van der Waals surface area (Å²) in [5.74, 6) is 0.0679. The summed E-state index contributed by atoms with van der Waals surface area (Å²) < 4.78 is 10.8. The maximum Gasteiger partial charge on any atom is 0.240 e. The van der Waals surface area contributed by atoms with Gasteiger partial charge >= 0.3 is 0 Å². The molecule has 2 atom stereocenters. The number of hydrogen-bond donors (Lipinski definition) is 2. The molecule has 2 unspecified atom stereocenters. The van der Waals surface area contributed by atoms with Gasteiger partial charge in [-0.25, -0.2) is 0 Å². The molecule has 2 aliphatic rings. The molecule has 0 saturated carbocycles. The second-order valence-corrected chi connectivity index (χ2v) is 5.23. The van der Waals surface area contributed by atoms with Crippen molar-refractivity contribution in [1.29, 1.82) is 0 Å². The molecule has 0 radical (unpaired) electrons. The molecular weight excluding hydrogens is 220 g/mol. The number of ether oxygens (including phenoxy) is 2. The van der Waals surface area contributed by atoms with Gasteiger partial charge in [0.15, 0.2) is 0 Å². The van der Waals surface area contributed by atoms with E-state index in [2.05, 4.69) is 10.6 Å². The molecule has 1 amide bonds. The minimum Gasteiger partial charge on any atom is -0.378 e. The molecule has 0 bridgehead atoms. The van der Waals surface area contributed by atoms with Crippen molar-refractivity contribution in [3.63, 3.8) is 0 Å². The van der Waals surface area contributed by atoms with Crippen molar-refractivity contribution >= 4 is 5.91 Å². The monoisotopic (exact) mass is 242 g/mol. The highest BCUT2D eigenvalue weighted by Gasteiger charge is 2.39. The molecule has 2 fully saturated rings. The van der Waals surface area contributed by atoms with Crippen LogP contribution in [0.1, 0.15) is 26.2 Å². The van der Waals surface area contributed by atoms with Crippen LogP contribution in [-0.2, 0) is 14.3 Å². The molecule has 2 N–H and O–H groups in total. The highest BCUT2D eigenvalue weighted by Crippen LogP contribution is 2.23. The van der Waals surface area contributed by atoms with Crippen molar-refractivity contribution in [2.24, 2.45) is 0 Å². The van der Waals surface area contributed by atoms with Crippen LogP contribution in [0.3, 0.4) is 0 Å². The smallest absolute Gasteiger partial charge is 0.240 e. The fourth-order valence-corrected chi connectivity index (χ4v) is 2.49. The van der Waals surface area contributed by atoms with Crippen LogP contribution in [0.15, 0.2) is 0 Å². The van der Waals surface area contributed by atoms with E-state index in [9.17, 15) is 4.79 Å². The Morgan fingerprint density at radius 1 is 1.53 bits per heavy atom. The normalized spacial score (nSPS) is 37.3. The van der Waals surface area contributed by atoms with Crippen molar-refractivity contribution < 1.29 is 14.3 Å². The average Bonchev–Trinajstić information content (AvgIpc) is 2.96. The summed E-state index contributed by atoms with van der Waals surface area (Å²) in [6.07, 6.45) is 2.80. The quantitative estimate of drug-likeness (QED) is 0.731. The van der Waals surface area contributed by atoms with E-state index in [-0.39, 0.29) is 11.5 Å². The Hall–Kier alpha value is -0.650. The maximum absolute atomic E-state index is 12.1. The van der Waals surface area contributed by atoms with Crippen molar-refractivity contribution in [2.75, 3.05) is 33.4 Å². The molecule has 17 heavy (non-hydrogen) atoms. The van der Waals surface area contributed by atoms with Gasteiger partial charge in [0, 0.05) is 26.7 Å². The minimum atomic E-state index is -0.408. The van der Waals surface area contributed by atoms with Gasteiger partial charge in [-0.2, -0.15) is 0 Å². The SMILES string of the molecule is COC1(CNC(=O)C2(C)CCCN2)CCOC1. The molecule has 98 valence electrons. The van der Waals surface area contributed by atoms with Crippen LogP contribution in [0.25, 0.3) is 0 Å². The second-order valence-electron chi connectivity index (χ2n) is 5.23. The molecule has 2 aliphatic heterocycles. The Balaban J connectivity index is 1.87. The van der Waals surface area contributed by atoms with Crippen LogP contribution in [0.5, 0.6) is 0 Å². The van der Waals surface area contributed by atoms with E-state index in [1.807, 2.05) is 6.92 Å². The van der Waals surface area contributed by atoms with Gasteiger partial charge in [0.2, 0.25) is 5.91 Å². The van der Waals surface area contributed by atoms with Gasteiger partial charge in [-0.05, 0) is 26.3 Å². The summed E-state index contributed by atoms with van der Waals surface area (Å²) in [7, 11) is 1.68. The minimum absolute atomic E-state index is 0.0679. The number of methoxy groups -OCH3 is 1. The number of hydrogen-bond acceptors (Lipinski definition) is 4. The lowest BCUT2D eigenvalue weighted by atomic mass is 9.98. The molecule has 5 nitrogen and oxygen atoms in total. The Morgan fingerprint density at radius 3 is 2.88 bits per heavy atom. The molecule has 0 aromatic heterocycles. The summed E-state index contributed by atoms with van der Waals surface area (Å²) in [5, 5.41) is 6.25. The third-order valence-electron chi connectivity index (χ3n) is 3.94. The molecule has 5 heteroatoms. The predicted molar refractivity (Wildman–Crippen MR) is 63.8 cm³/mol. The fraction of sp³-hybridized carbons (Fsp3) is 0.917. The lowest BCUT2D eigenvalue weighted by molar-refractivity contribution is -0.128. The number of rotatable bonds is 4. The molecular formula is C12H22N2O3. The molecule has 2 saturated heterocycles. The van der Waals surface area contributed by atoms with E-state index in [0.29, 0.717) is 19.8 Å². The summed E-state index contributed by atoms with van der Waals surface area (Å²) in [6.45, 7) is 4.68. The molecule has 2 heterocycles. The Morgan fingerprint density at radius 2 is 2.35 bits per heavy atom. The average molecular weight is 242 g/mol. The van der Waals surface area contributed by atoms with Crippen molar-refractivity contribution in [1.82, 2.24) is 10.6 Å². The zero-order valence-corrected chi connectivity index (χ0v) is 10.7. The van der Waals surface area contributed by atoms with Crippen LogP contribution >= 0.6 is 0 Å². The van der Waals surface area contributed by atoms with E-state index < -0.39 is 5.54 Å². The fourth-order valence-electron chi connectivity index (χ4n) is 2.49. The molecule has 0 aromatic rings. The Bertz CT molecular complexity index is 281. The van der Waals surface area contributed by atoms with Crippen LogP contribution in [0.4, 0.5) is 0 Å². The standard InChI is InChI=1S/C12H22N2O3/c1-11(4-3-6-14-11)10(15)13-8-12(16-2)5-7-17-9-12/h14H,3-9H2,1-2H3,(H,13,15). The van der Waals surface area contributed by atoms with Crippen LogP contribution in [0.2, 0.25) is 0 Å². The lowest BCUT2D eigenvalue weighted by Crippen LogP contribution is -2.55. The first-order chi connectivity index (χ1) is 8.10. The topological polar surface area (TPSA) is 59.6 Å². The van der Waals surface area contributed by atoms with Gasteiger partial charge in [0.05, 0.1) is 12.1 Å². The third kappa shape index (κ3) is 2.61.